The average Bonchev–Trinajstić information content (AvgIpc) is 3.90. The number of phenols is 1. The first-order valence-corrected chi connectivity index (χ1v) is 18.7. The van der Waals surface area contributed by atoms with E-state index >= 15 is 0 Å². The number of hydrogen-bond acceptors (Lipinski definition) is 8. The number of H-pyrrole nitrogens is 1. The normalized spacial score (nSPS) is 22.4. The molecular formula is C40H48N10O6. The zero-order chi connectivity index (χ0) is 39.8. The van der Waals surface area contributed by atoms with Crippen molar-refractivity contribution < 1.29 is 29.1 Å². The van der Waals surface area contributed by atoms with E-state index in [-0.39, 0.29) is 50.5 Å². The number of carbonyl (C=O) groups is 5. The van der Waals surface area contributed by atoms with Crippen molar-refractivity contribution >= 4 is 46.3 Å². The van der Waals surface area contributed by atoms with Gasteiger partial charge < -0.3 is 47.3 Å². The summed E-state index contributed by atoms with van der Waals surface area (Å²) < 4.78 is 0. The highest BCUT2D eigenvalue weighted by atomic mass is 16.3. The van der Waals surface area contributed by atoms with Gasteiger partial charge in [0.2, 0.25) is 29.5 Å². The van der Waals surface area contributed by atoms with Crippen LogP contribution in [0, 0.1) is 0 Å². The summed E-state index contributed by atoms with van der Waals surface area (Å²) in [4.78, 5) is 85.7. The Balaban J connectivity index is 1.40. The van der Waals surface area contributed by atoms with Gasteiger partial charge in [0.1, 0.15) is 36.0 Å². The number of aliphatic imine (C=N–C) groups is 1. The van der Waals surface area contributed by atoms with Crippen LogP contribution in [0.2, 0.25) is 0 Å². The fourth-order valence-corrected chi connectivity index (χ4v) is 7.40. The van der Waals surface area contributed by atoms with Crippen LogP contribution in [-0.4, -0.2) is 111 Å². The quantitative estimate of drug-likeness (QED) is 0.0680. The van der Waals surface area contributed by atoms with Gasteiger partial charge in [-0.05, 0) is 59.7 Å². The van der Waals surface area contributed by atoms with Crippen LogP contribution in [0.25, 0.3) is 10.8 Å². The number of aromatic nitrogens is 2. The summed E-state index contributed by atoms with van der Waals surface area (Å²) in [7, 11) is 1.48. The maximum absolute atomic E-state index is 14.6. The SMILES string of the molecule is CN1C(=O)[C@H](Cc2cnc[nH]2)NC(=O)[C@@H](Cc2ccc(O)cc2)NC(=O)[C@@H]2CCCN2C(=O)[C@H](Cc2ccc3ccccc3c2)NC(=O)[C@@H]1CCCN=C(N)N. The van der Waals surface area contributed by atoms with Gasteiger partial charge in [0.25, 0.3) is 0 Å². The van der Waals surface area contributed by atoms with E-state index in [1.54, 1.807) is 12.1 Å². The van der Waals surface area contributed by atoms with E-state index < -0.39 is 59.7 Å². The lowest BCUT2D eigenvalue weighted by atomic mass is 9.99. The molecule has 0 aliphatic carbocycles. The van der Waals surface area contributed by atoms with Gasteiger partial charge in [0.15, 0.2) is 5.96 Å². The van der Waals surface area contributed by atoms with Crippen LogP contribution in [0.15, 0.2) is 84.2 Å². The topological polar surface area (TPSA) is 241 Å². The molecule has 2 fully saturated rings. The summed E-state index contributed by atoms with van der Waals surface area (Å²) in [5.41, 5.74) is 13.1. The van der Waals surface area contributed by atoms with E-state index in [0.29, 0.717) is 30.5 Å². The number of nitrogens with two attached hydrogens (primary N) is 2. The Kier molecular flexibility index (Phi) is 12.5. The number of amides is 5. The molecule has 9 N–H and O–H groups in total. The van der Waals surface area contributed by atoms with Gasteiger partial charge in [0, 0.05) is 51.3 Å². The minimum Gasteiger partial charge on any atom is -0.508 e. The number of guanidine groups is 1. The molecule has 3 aromatic carbocycles. The molecule has 4 aromatic rings. The number of imidazole rings is 1. The van der Waals surface area contributed by atoms with Crippen LogP contribution in [0.4, 0.5) is 0 Å². The molecule has 2 aliphatic heterocycles. The molecule has 1 aromatic heterocycles. The number of aromatic amines is 1. The lowest BCUT2D eigenvalue weighted by molar-refractivity contribution is -0.144. The van der Waals surface area contributed by atoms with Crippen molar-refractivity contribution in [1.29, 1.82) is 0 Å². The van der Waals surface area contributed by atoms with Crippen LogP contribution >= 0.6 is 0 Å². The summed E-state index contributed by atoms with van der Waals surface area (Å²) in [6, 6.07) is 14.4. The predicted octanol–water partition coefficient (Wildman–Crippen LogP) is 0.636. The van der Waals surface area contributed by atoms with Crippen molar-refractivity contribution in [3.8, 4) is 5.75 Å². The first kappa shape index (κ1) is 39.2. The monoisotopic (exact) mass is 764 g/mol. The van der Waals surface area contributed by atoms with Crippen LogP contribution < -0.4 is 27.4 Å². The smallest absolute Gasteiger partial charge is 0.246 e. The average molecular weight is 765 g/mol. The molecule has 16 heteroatoms. The predicted molar refractivity (Wildman–Crippen MR) is 209 cm³/mol. The van der Waals surface area contributed by atoms with Crippen molar-refractivity contribution in [2.45, 2.75) is 75.2 Å². The fourth-order valence-electron chi connectivity index (χ4n) is 7.40. The molecule has 0 bridgehead atoms. The maximum Gasteiger partial charge on any atom is 0.246 e. The van der Waals surface area contributed by atoms with Gasteiger partial charge in [-0.15, -0.1) is 0 Å². The molecule has 5 amide bonds. The lowest BCUT2D eigenvalue weighted by Gasteiger charge is -2.33. The van der Waals surface area contributed by atoms with E-state index in [1.807, 2.05) is 42.5 Å². The fraction of sp³-hybridized carbons (Fsp3) is 0.375. The van der Waals surface area contributed by atoms with Gasteiger partial charge in [0.05, 0.1) is 6.33 Å². The first-order valence-electron chi connectivity index (χ1n) is 18.7. The molecule has 0 spiro atoms. The number of hydrogen-bond donors (Lipinski definition) is 7. The Hall–Kier alpha value is -6.45. The number of nitrogens with one attached hydrogen (secondary N) is 4. The number of fused-ring (bicyclic) bond motifs is 2. The summed E-state index contributed by atoms with van der Waals surface area (Å²) in [6.07, 6.45) is 4.44. The Morgan fingerprint density at radius 3 is 2.23 bits per heavy atom. The summed E-state index contributed by atoms with van der Waals surface area (Å²) in [6.45, 7) is 0.451. The largest absolute Gasteiger partial charge is 0.508 e. The van der Waals surface area contributed by atoms with Crippen molar-refractivity contribution in [2.24, 2.45) is 16.5 Å². The van der Waals surface area contributed by atoms with Gasteiger partial charge in [-0.2, -0.15) is 0 Å². The third-order valence-corrected chi connectivity index (χ3v) is 10.4. The Bertz CT molecular complexity index is 2070. The first-order chi connectivity index (χ1) is 27.0. The van der Waals surface area contributed by atoms with Gasteiger partial charge >= 0.3 is 0 Å². The van der Waals surface area contributed by atoms with Crippen molar-refractivity contribution in [3.05, 3.63) is 96.1 Å². The number of carbonyl (C=O) groups excluding carboxylic acids is 5. The van der Waals surface area contributed by atoms with E-state index in [0.717, 1.165) is 16.3 Å². The Morgan fingerprint density at radius 1 is 0.821 bits per heavy atom. The Morgan fingerprint density at radius 2 is 1.50 bits per heavy atom. The number of nitrogens with zero attached hydrogens (tertiary/aromatic N) is 4. The zero-order valence-electron chi connectivity index (χ0n) is 31.2. The highest BCUT2D eigenvalue weighted by Crippen LogP contribution is 2.23. The molecule has 6 rings (SSSR count). The highest BCUT2D eigenvalue weighted by molar-refractivity contribution is 5.98. The molecule has 3 heterocycles. The summed E-state index contributed by atoms with van der Waals surface area (Å²) in [5.74, 6) is -2.89. The molecule has 2 saturated heterocycles. The lowest BCUT2D eigenvalue weighted by Crippen LogP contribution is -2.58. The standard InChI is InChI=1S/C40H48N10O6/c1-49-33(8-4-16-44-40(41)42)36(53)48-31(20-25-10-13-26-6-2-3-7-27(26)18-25)39(56)50-17-5-9-34(50)37(54)46-30(19-24-11-14-29(51)15-12-24)35(52)47-32(38(49)55)21-28-22-43-23-45-28/h2-3,6-7,10-15,18,22-23,30-34,51H,4-5,8-9,16-17,19-21H2,1H3,(H,43,45)(H,46,54)(H,47,52)(H,48,53)(H4,41,42,44)/t30-,31+,32+,33+,34+/m1/s1. The van der Waals surface area contributed by atoms with Gasteiger partial charge in [-0.25, -0.2) is 4.98 Å². The van der Waals surface area contributed by atoms with Gasteiger partial charge in [-0.1, -0.05) is 54.6 Å². The van der Waals surface area contributed by atoms with Crippen molar-refractivity contribution in [1.82, 2.24) is 35.7 Å². The second-order valence-corrected chi connectivity index (χ2v) is 14.3. The van der Waals surface area contributed by atoms with Crippen LogP contribution in [0.1, 0.15) is 42.5 Å². The van der Waals surface area contributed by atoms with Gasteiger partial charge in [-0.3, -0.25) is 29.0 Å². The molecule has 0 saturated carbocycles. The molecule has 0 radical (unpaired) electrons. The van der Waals surface area contributed by atoms with Crippen molar-refractivity contribution in [2.75, 3.05) is 20.1 Å². The summed E-state index contributed by atoms with van der Waals surface area (Å²) >= 11 is 0. The molecule has 5 atom stereocenters. The molecule has 2 aliphatic rings. The molecule has 56 heavy (non-hydrogen) atoms. The number of phenolic OH excluding ortho intramolecular Hbond substituents is 1. The van der Waals surface area contributed by atoms with E-state index in [1.165, 1.54) is 41.5 Å². The number of rotatable bonds is 10. The van der Waals surface area contributed by atoms with Crippen LogP contribution in [-0.2, 0) is 43.2 Å². The number of benzene rings is 3. The van der Waals surface area contributed by atoms with Crippen LogP contribution in [0.5, 0.6) is 5.75 Å². The minimum atomic E-state index is -1.19. The number of aromatic hydroxyl groups is 1. The summed E-state index contributed by atoms with van der Waals surface area (Å²) in [5, 5.41) is 20.5. The third kappa shape index (κ3) is 9.61. The van der Waals surface area contributed by atoms with E-state index in [4.69, 9.17) is 11.5 Å². The number of likely N-dealkylation sites (N-methyl/N-ethyl adjacent to an activating group) is 1. The van der Waals surface area contributed by atoms with Crippen molar-refractivity contribution in [3.63, 3.8) is 0 Å². The second kappa shape index (κ2) is 17.8. The molecule has 16 nitrogen and oxygen atoms in total. The van der Waals surface area contributed by atoms with E-state index in [2.05, 4.69) is 30.9 Å². The highest BCUT2D eigenvalue weighted by Gasteiger charge is 2.41. The van der Waals surface area contributed by atoms with Crippen LogP contribution in [0.3, 0.4) is 0 Å². The molecular weight excluding hydrogens is 717 g/mol. The minimum absolute atomic E-state index is 0.00337. The maximum atomic E-state index is 14.6. The van der Waals surface area contributed by atoms with E-state index in [9.17, 15) is 29.1 Å². The second-order valence-electron chi connectivity index (χ2n) is 14.3. The molecule has 294 valence electrons. The third-order valence-electron chi connectivity index (χ3n) is 10.4. The Labute approximate surface area is 324 Å². The zero-order valence-corrected chi connectivity index (χ0v) is 31.2. The molecule has 0 unspecified atom stereocenters.